The largest absolute Gasteiger partial charge is 0.353 e. The topological polar surface area (TPSA) is 46.1 Å². The first kappa shape index (κ1) is 10.2. The summed E-state index contributed by atoms with van der Waals surface area (Å²) in [6, 6.07) is 4.57. The van der Waals surface area contributed by atoms with Crippen molar-refractivity contribution in [3.8, 4) is 0 Å². The van der Waals surface area contributed by atoms with Gasteiger partial charge in [-0.25, -0.2) is 0 Å². The molecule has 1 fully saturated rings. The van der Waals surface area contributed by atoms with E-state index in [0.717, 1.165) is 5.69 Å². The first-order chi connectivity index (χ1) is 7.25. The number of hydrogen-bond donors (Lipinski definition) is 2. The monoisotopic (exact) mass is 207 g/mol. The average molecular weight is 207 g/mol. The molecule has 1 saturated carbocycles. The number of aryl methyl sites for hydroxylation is 1. The molecule has 4 heteroatoms. The lowest BCUT2D eigenvalue weighted by atomic mass is 10.4. The van der Waals surface area contributed by atoms with Crippen LogP contribution in [0.15, 0.2) is 18.3 Å². The van der Waals surface area contributed by atoms with Crippen molar-refractivity contribution in [3.63, 3.8) is 0 Å². The van der Waals surface area contributed by atoms with Crippen LogP contribution in [0, 0.1) is 0 Å². The standard InChI is InChI=1S/C11H17N3O/c1-14-6-2-3-10(14)7-13-11(15)8-12-9-4-5-9/h2-3,6,9,12H,4-5,7-8H2,1H3,(H,13,15). The molecule has 1 heterocycles. The summed E-state index contributed by atoms with van der Waals surface area (Å²) in [4.78, 5) is 11.4. The Kier molecular flexibility index (Phi) is 3.06. The van der Waals surface area contributed by atoms with E-state index in [2.05, 4.69) is 10.6 Å². The van der Waals surface area contributed by atoms with Crippen LogP contribution < -0.4 is 10.6 Å². The maximum Gasteiger partial charge on any atom is 0.234 e. The molecule has 1 aliphatic carbocycles. The van der Waals surface area contributed by atoms with Gasteiger partial charge in [0.2, 0.25) is 5.91 Å². The van der Waals surface area contributed by atoms with E-state index in [9.17, 15) is 4.79 Å². The molecule has 2 N–H and O–H groups in total. The zero-order valence-corrected chi connectivity index (χ0v) is 8.99. The van der Waals surface area contributed by atoms with Gasteiger partial charge in [0, 0.05) is 25.0 Å². The molecule has 0 atom stereocenters. The van der Waals surface area contributed by atoms with Crippen molar-refractivity contribution in [1.82, 2.24) is 15.2 Å². The van der Waals surface area contributed by atoms with E-state index >= 15 is 0 Å². The van der Waals surface area contributed by atoms with Crippen molar-refractivity contribution >= 4 is 5.91 Å². The molecule has 1 aromatic rings. The van der Waals surface area contributed by atoms with Crippen molar-refractivity contribution in [2.45, 2.75) is 25.4 Å². The van der Waals surface area contributed by atoms with Crippen LogP contribution in [0.4, 0.5) is 0 Å². The van der Waals surface area contributed by atoms with Crippen LogP contribution in [0.25, 0.3) is 0 Å². The van der Waals surface area contributed by atoms with Gasteiger partial charge in [0.15, 0.2) is 0 Å². The Morgan fingerprint density at radius 3 is 3.00 bits per heavy atom. The highest BCUT2D eigenvalue weighted by Crippen LogP contribution is 2.17. The van der Waals surface area contributed by atoms with E-state index in [1.165, 1.54) is 12.8 Å². The fraction of sp³-hybridized carbons (Fsp3) is 0.545. The maximum atomic E-state index is 11.4. The molecule has 0 bridgehead atoms. The van der Waals surface area contributed by atoms with Crippen LogP contribution in [0.5, 0.6) is 0 Å². The molecule has 0 aliphatic heterocycles. The van der Waals surface area contributed by atoms with Crippen LogP contribution in [-0.4, -0.2) is 23.1 Å². The number of carbonyl (C=O) groups excluding carboxylic acids is 1. The van der Waals surface area contributed by atoms with Crippen LogP contribution in [0.1, 0.15) is 18.5 Å². The van der Waals surface area contributed by atoms with Crippen LogP contribution in [0.3, 0.4) is 0 Å². The molecule has 4 nitrogen and oxygen atoms in total. The summed E-state index contributed by atoms with van der Waals surface area (Å²) in [6.45, 7) is 1.05. The lowest BCUT2D eigenvalue weighted by Gasteiger charge is -2.06. The summed E-state index contributed by atoms with van der Waals surface area (Å²) >= 11 is 0. The van der Waals surface area contributed by atoms with E-state index in [4.69, 9.17) is 0 Å². The molecule has 1 aromatic heterocycles. The minimum absolute atomic E-state index is 0.0723. The van der Waals surface area contributed by atoms with Crippen molar-refractivity contribution in [3.05, 3.63) is 24.0 Å². The van der Waals surface area contributed by atoms with Crippen molar-refractivity contribution in [1.29, 1.82) is 0 Å². The second kappa shape index (κ2) is 4.49. The van der Waals surface area contributed by atoms with Crippen molar-refractivity contribution in [2.24, 2.45) is 7.05 Å². The van der Waals surface area contributed by atoms with Crippen LogP contribution in [-0.2, 0) is 18.4 Å². The Labute approximate surface area is 89.7 Å². The summed E-state index contributed by atoms with van der Waals surface area (Å²) in [5, 5.41) is 6.07. The predicted octanol–water partition coefficient (Wildman–Crippen LogP) is 0.393. The number of carbonyl (C=O) groups is 1. The number of aromatic nitrogens is 1. The Morgan fingerprint density at radius 1 is 1.60 bits per heavy atom. The van der Waals surface area contributed by atoms with Gasteiger partial charge in [0.25, 0.3) is 0 Å². The third-order valence-electron chi connectivity index (χ3n) is 2.65. The molecule has 15 heavy (non-hydrogen) atoms. The first-order valence-corrected chi connectivity index (χ1v) is 5.36. The molecule has 0 unspecified atom stereocenters. The van der Waals surface area contributed by atoms with Gasteiger partial charge >= 0.3 is 0 Å². The molecule has 0 saturated heterocycles. The quantitative estimate of drug-likeness (QED) is 0.734. The molecule has 0 aromatic carbocycles. The molecular formula is C11H17N3O. The highest BCUT2D eigenvalue weighted by molar-refractivity contribution is 5.78. The van der Waals surface area contributed by atoms with Crippen LogP contribution in [0.2, 0.25) is 0 Å². The smallest absolute Gasteiger partial charge is 0.234 e. The SMILES string of the molecule is Cn1cccc1CNC(=O)CNC1CC1. The zero-order valence-electron chi connectivity index (χ0n) is 8.99. The van der Waals surface area contributed by atoms with Gasteiger partial charge in [-0.15, -0.1) is 0 Å². The maximum absolute atomic E-state index is 11.4. The zero-order chi connectivity index (χ0) is 10.7. The summed E-state index contributed by atoms with van der Waals surface area (Å²) in [5.74, 6) is 0.0723. The number of nitrogens with zero attached hydrogens (tertiary/aromatic N) is 1. The molecule has 0 spiro atoms. The molecule has 2 rings (SSSR count). The van der Waals surface area contributed by atoms with E-state index in [1.807, 2.05) is 29.9 Å². The summed E-state index contributed by atoms with van der Waals surface area (Å²) in [7, 11) is 1.98. The minimum Gasteiger partial charge on any atom is -0.353 e. The van der Waals surface area contributed by atoms with Gasteiger partial charge in [-0.05, 0) is 25.0 Å². The van der Waals surface area contributed by atoms with E-state index in [-0.39, 0.29) is 5.91 Å². The summed E-state index contributed by atoms with van der Waals surface area (Å²) in [5.41, 5.74) is 1.12. The summed E-state index contributed by atoms with van der Waals surface area (Å²) in [6.07, 6.45) is 4.40. The molecule has 82 valence electrons. The third-order valence-corrected chi connectivity index (χ3v) is 2.65. The second-order valence-corrected chi connectivity index (χ2v) is 4.04. The predicted molar refractivity (Wildman–Crippen MR) is 58.3 cm³/mol. The van der Waals surface area contributed by atoms with Crippen molar-refractivity contribution < 1.29 is 4.79 Å². The van der Waals surface area contributed by atoms with Crippen LogP contribution >= 0.6 is 0 Å². The van der Waals surface area contributed by atoms with Gasteiger partial charge in [-0.3, -0.25) is 4.79 Å². The highest BCUT2D eigenvalue weighted by atomic mass is 16.1. The fourth-order valence-corrected chi connectivity index (χ4v) is 1.46. The fourth-order valence-electron chi connectivity index (χ4n) is 1.46. The lowest BCUT2D eigenvalue weighted by Crippen LogP contribution is -2.34. The highest BCUT2D eigenvalue weighted by Gasteiger charge is 2.20. The van der Waals surface area contributed by atoms with Gasteiger partial charge in [0.1, 0.15) is 0 Å². The Balaban J connectivity index is 1.68. The lowest BCUT2D eigenvalue weighted by molar-refractivity contribution is -0.120. The molecule has 1 aliphatic rings. The second-order valence-electron chi connectivity index (χ2n) is 4.04. The molecule has 1 amide bonds. The van der Waals surface area contributed by atoms with E-state index < -0.39 is 0 Å². The first-order valence-electron chi connectivity index (χ1n) is 5.36. The van der Waals surface area contributed by atoms with Gasteiger partial charge in [-0.2, -0.15) is 0 Å². The Morgan fingerprint density at radius 2 is 2.40 bits per heavy atom. The van der Waals surface area contributed by atoms with E-state index in [1.54, 1.807) is 0 Å². The third kappa shape index (κ3) is 3.09. The summed E-state index contributed by atoms with van der Waals surface area (Å²) < 4.78 is 2.01. The molecular weight excluding hydrogens is 190 g/mol. The van der Waals surface area contributed by atoms with Gasteiger partial charge < -0.3 is 15.2 Å². The number of nitrogens with one attached hydrogen (secondary N) is 2. The van der Waals surface area contributed by atoms with Crippen molar-refractivity contribution in [2.75, 3.05) is 6.54 Å². The number of hydrogen-bond acceptors (Lipinski definition) is 2. The number of rotatable bonds is 5. The molecule has 0 radical (unpaired) electrons. The van der Waals surface area contributed by atoms with E-state index in [0.29, 0.717) is 19.1 Å². The minimum atomic E-state index is 0.0723. The number of amides is 1. The average Bonchev–Trinajstić information content (AvgIpc) is 2.96. The Hall–Kier alpha value is -1.29. The normalized spacial score (nSPS) is 15.3. The van der Waals surface area contributed by atoms with Gasteiger partial charge in [0.05, 0.1) is 13.1 Å². The van der Waals surface area contributed by atoms with Gasteiger partial charge in [-0.1, -0.05) is 0 Å². The Bertz CT molecular complexity index is 341.